The van der Waals surface area contributed by atoms with Crippen molar-refractivity contribution in [3.05, 3.63) is 35.9 Å². The highest BCUT2D eigenvalue weighted by atomic mass is 32.1. The van der Waals surface area contributed by atoms with Gasteiger partial charge in [0, 0.05) is 6.92 Å². The summed E-state index contributed by atoms with van der Waals surface area (Å²) >= 11 is 4.63. The van der Waals surface area contributed by atoms with E-state index >= 15 is 0 Å². The van der Waals surface area contributed by atoms with Crippen molar-refractivity contribution in [1.82, 2.24) is 5.43 Å². The molecule has 5 nitrogen and oxygen atoms in total. The van der Waals surface area contributed by atoms with E-state index in [9.17, 15) is 4.79 Å². The van der Waals surface area contributed by atoms with Crippen LogP contribution in [0.1, 0.15) is 19.4 Å². The van der Waals surface area contributed by atoms with Crippen molar-refractivity contribution in [3.8, 4) is 5.75 Å². The molecule has 19 heavy (non-hydrogen) atoms. The van der Waals surface area contributed by atoms with Gasteiger partial charge >= 0.3 is 5.97 Å². The van der Waals surface area contributed by atoms with Gasteiger partial charge in [-0.15, -0.1) is 0 Å². The van der Waals surface area contributed by atoms with Crippen LogP contribution < -0.4 is 15.9 Å². The van der Waals surface area contributed by atoms with Crippen LogP contribution >= 0.6 is 12.2 Å². The number of ether oxygens (including phenoxy) is 1. The predicted molar refractivity (Wildman–Crippen MR) is 79.8 cm³/mol. The normalized spacial score (nSPS) is 11.4. The molecule has 1 aromatic rings. The Hall–Kier alpha value is -2.21. The Kier molecular flexibility index (Phi) is 5.69. The first kappa shape index (κ1) is 14.8. The minimum Gasteiger partial charge on any atom is -0.427 e. The number of carbonyl (C=O) groups is 1. The number of thiocarbonyl (C=S) groups is 1. The average molecular weight is 277 g/mol. The van der Waals surface area contributed by atoms with Crippen LogP contribution in [0.5, 0.6) is 5.75 Å². The number of benzene rings is 1. The van der Waals surface area contributed by atoms with Gasteiger partial charge in [0.05, 0.1) is 5.71 Å². The van der Waals surface area contributed by atoms with Gasteiger partial charge in [0.2, 0.25) is 0 Å². The van der Waals surface area contributed by atoms with Crippen molar-refractivity contribution in [1.29, 1.82) is 0 Å². The Balaban J connectivity index is 2.64. The molecule has 0 saturated carbocycles. The Morgan fingerprint density at radius 2 is 2.00 bits per heavy atom. The number of hydrogen-bond donors (Lipinski definition) is 2. The molecule has 0 heterocycles. The summed E-state index contributed by atoms with van der Waals surface area (Å²) < 4.78 is 4.93. The zero-order valence-corrected chi connectivity index (χ0v) is 11.5. The molecule has 0 spiro atoms. The van der Waals surface area contributed by atoms with Crippen LogP contribution in [0.2, 0.25) is 0 Å². The van der Waals surface area contributed by atoms with Gasteiger partial charge in [-0.05, 0) is 42.9 Å². The van der Waals surface area contributed by atoms with Gasteiger partial charge in [-0.2, -0.15) is 5.10 Å². The maximum absolute atomic E-state index is 10.8. The Bertz CT molecular complexity index is 521. The highest BCUT2D eigenvalue weighted by Crippen LogP contribution is 2.13. The van der Waals surface area contributed by atoms with Crippen molar-refractivity contribution in [2.45, 2.75) is 13.8 Å². The fraction of sp³-hybridized carbons (Fsp3) is 0.154. The number of hydrazone groups is 1. The van der Waals surface area contributed by atoms with Gasteiger partial charge in [-0.3, -0.25) is 10.2 Å². The van der Waals surface area contributed by atoms with Crippen LogP contribution in [0.3, 0.4) is 0 Å². The lowest BCUT2D eigenvalue weighted by Gasteiger charge is -2.01. The first-order valence-corrected chi connectivity index (χ1v) is 5.94. The molecule has 3 N–H and O–H groups in total. The molecule has 0 aliphatic rings. The van der Waals surface area contributed by atoms with E-state index in [2.05, 4.69) is 22.7 Å². The molecule has 100 valence electrons. The number of carbonyl (C=O) groups excluding carboxylic acids is 1. The van der Waals surface area contributed by atoms with Crippen molar-refractivity contribution >= 4 is 35.1 Å². The van der Waals surface area contributed by atoms with Crippen LogP contribution in [0.15, 0.2) is 35.4 Å². The molecular formula is C13H15N3O2S. The maximum atomic E-state index is 10.8. The molecule has 0 saturated heterocycles. The molecule has 6 heteroatoms. The lowest BCUT2D eigenvalue weighted by atomic mass is 10.2. The monoisotopic (exact) mass is 277 g/mol. The van der Waals surface area contributed by atoms with E-state index in [0.717, 1.165) is 11.3 Å². The largest absolute Gasteiger partial charge is 0.427 e. The molecule has 0 radical (unpaired) electrons. The van der Waals surface area contributed by atoms with Gasteiger partial charge < -0.3 is 10.5 Å². The molecule has 0 unspecified atom stereocenters. The van der Waals surface area contributed by atoms with Crippen molar-refractivity contribution in [3.63, 3.8) is 0 Å². The topological polar surface area (TPSA) is 76.7 Å². The van der Waals surface area contributed by atoms with E-state index < -0.39 is 0 Å². The lowest BCUT2D eigenvalue weighted by Crippen LogP contribution is -2.24. The van der Waals surface area contributed by atoms with E-state index in [1.807, 2.05) is 31.2 Å². The Morgan fingerprint density at radius 1 is 1.37 bits per heavy atom. The fourth-order valence-electron chi connectivity index (χ4n) is 1.21. The third-order valence-corrected chi connectivity index (χ3v) is 2.09. The van der Waals surface area contributed by atoms with Crippen LogP contribution in [-0.4, -0.2) is 16.8 Å². The van der Waals surface area contributed by atoms with Crippen molar-refractivity contribution < 1.29 is 9.53 Å². The number of hydrogen-bond acceptors (Lipinski definition) is 4. The van der Waals surface area contributed by atoms with Gasteiger partial charge in [0.1, 0.15) is 5.75 Å². The van der Waals surface area contributed by atoms with E-state index in [1.165, 1.54) is 6.92 Å². The zero-order chi connectivity index (χ0) is 14.3. The number of nitrogens with two attached hydrogens (primary N) is 1. The summed E-state index contributed by atoms with van der Waals surface area (Å²) in [6.07, 6.45) is 3.68. The summed E-state index contributed by atoms with van der Waals surface area (Å²) in [4.78, 5) is 10.8. The quantitative estimate of drug-likeness (QED) is 0.289. The van der Waals surface area contributed by atoms with Gasteiger partial charge in [0.15, 0.2) is 5.11 Å². The molecule has 0 aliphatic carbocycles. The molecule has 1 aromatic carbocycles. The highest BCUT2D eigenvalue weighted by molar-refractivity contribution is 7.80. The molecule has 0 aliphatic heterocycles. The molecule has 1 rings (SSSR count). The predicted octanol–water partition coefficient (Wildman–Crippen LogP) is 1.83. The number of allylic oxidation sites excluding steroid dienone is 1. The maximum Gasteiger partial charge on any atom is 0.308 e. The summed E-state index contributed by atoms with van der Waals surface area (Å²) in [6.45, 7) is 3.18. The molecule has 0 fully saturated rings. The fourth-order valence-corrected chi connectivity index (χ4v) is 1.26. The van der Waals surface area contributed by atoms with E-state index in [4.69, 9.17) is 10.5 Å². The lowest BCUT2D eigenvalue weighted by molar-refractivity contribution is -0.131. The van der Waals surface area contributed by atoms with Gasteiger partial charge in [0.25, 0.3) is 0 Å². The molecule has 0 aromatic heterocycles. The number of nitrogens with one attached hydrogen (secondary N) is 1. The average Bonchev–Trinajstić information content (AvgIpc) is 2.35. The minimum atomic E-state index is -0.338. The summed E-state index contributed by atoms with van der Waals surface area (Å²) in [7, 11) is 0. The zero-order valence-electron chi connectivity index (χ0n) is 10.7. The third kappa shape index (κ3) is 6.32. The van der Waals surface area contributed by atoms with Crippen LogP contribution in [-0.2, 0) is 4.79 Å². The van der Waals surface area contributed by atoms with Crippen LogP contribution in [0.25, 0.3) is 6.08 Å². The second kappa shape index (κ2) is 7.27. The van der Waals surface area contributed by atoms with Crippen LogP contribution in [0, 0.1) is 0 Å². The number of nitrogens with zero attached hydrogens (tertiary/aromatic N) is 1. The standard InChI is InChI=1S/C13H15N3O2S/c1-9(15-16-13(14)19)3-4-11-5-7-12(8-6-11)18-10(2)17/h3-8H,1-2H3,(H3,14,16,19). The van der Waals surface area contributed by atoms with Gasteiger partial charge in [-0.25, -0.2) is 0 Å². The Morgan fingerprint density at radius 3 is 2.53 bits per heavy atom. The second-order valence-corrected chi connectivity index (χ2v) is 4.17. The van der Waals surface area contributed by atoms with Crippen molar-refractivity contribution in [2.24, 2.45) is 10.8 Å². The summed E-state index contributed by atoms with van der Waals surface area (Å²) in [5, 5.41) is 4.06. The Labute approximate surface area is 117 Å². The number of esters is 1. The molecule has 0 amide bonds. The highest BCUT2D eigenvalue weighted by Gasteiger charge is 1.96. The first-order valence-electron chi connectivity index (χ1n) is 5.53. The third-order valence-electron chi connectivity index (χ3n) is 2.00. The second-order valence-electron chi connectivity index (χ2n) is 3.73. The van der Waals surface area contributed by atoms with E-state index in [-0.39, 0.29) is 11.1 Å². The van der Waals surface area contributed by atoms with Crippen molar-refractivity contribution in [2.75, 3.05) is 0 Å². The first-order chi connectivity index (χ1) is 8.97. The SMILES string of the molecule is CC(=O)Oc1ccc(C=CC(C)=NNC(N)=S)cc1. The number of rotatable bonds is 4. The minimum absolute atomic E-state index is 0.124. The van der Waals surface area contributed by atoms with E-state index in [1.54, 1.807) is 12.1 Å². The van der Waals surface area contributed by atoms with E-state index in [0.29, 0.717) is 5.75 Å². The van der Waals surface area contributed by atoms with Gasteiger partial charge in [-0.1, -0.05) is 18.2 Å². The molecule has 0 atom stereocenters. The molecule has 0 bridgehead atoms. The summed E-state index contributed by atoms with van der Waals surface area (Å²) in [6, 6.07) is 7.12. The smallest absolute Gasteiger partial charge is 0.308 e. The summed E-state index contributed by atoms with van der Waals surface area (Å²) in [5.41, 5.74) is 9.45. The molecular weight excluding hydrogens is 262 g/mol. The summed E-state index contributed by atoms with van der Waals surface area (Å²) in [5.74, 6) is 0.181. The van der Waals surface area contributed by atoms with Crippen LogP contribution in [0.4, 0.5) is 0 Å².